The number of halogens is 1. The summed E-state index contributed by atoms with van der Waals surface area (Å²) in [4.78, 5) is 2.55. The maximum atomic E-state index is 6.21. The lowest BCUT2D eigenvalue weighted by Crippen LogP contribution is -2.52. The molecular formula is C17H29ClN2. The highest BCUT2D eigenvalue weighted by molar-refractivity contribution is 5.85. The van der Waals surface area contributed by atoms with Crippen molar-refractivity contribution in [2.75, 3.05) is 13.1 Å². The van der Waals surface area contributed by atoms with Gasteiger partial charge in [-0.3, -0.25) is 4.90 Å². The van der Waals surface area contributed by atoms with Crippen LogP contribution in [0.15, 0.2) is 24.3 Å². The summed E-state index contributed by atoms with van der Waals surface area (Å²) in [7, 11) is 0. The van der Waals surface area contributed by atoms with Crippen molar-refractivity contribution in [3.8, 4) is 0 Å². The Hall–Kier alpha value is -0.570. The summed E-state index contributed by atoms with van der Waals surface area (Å²) in [6.45, 7) is 10.1. The Labute approximate surface area is 130 Å². The van der Waals surface area contributed by atoms with Crippen molar-refractivity contribution in [3.05, 3.63) is 35.4 Å². The number of piperidine rings is 1. The molecule has 0 bridgehead atoms. The van der Waals surface area contributed by atoms with E-state index in [-0.39, 0.29) is 17.8 Å². The van der Waals surface area contributed by atoms with Gasteiger partial charge in [0.05, 0.1) is 0 Å². The Morgan fingerprint density at radius 3 is 2.65 bits per heavy atom. The molecule has 2 rings (SSSR count). The molecule has 0 radical (unpaired) electrons. The fourth-order valence-corrected chi connectivity index (χ4v) is 3.05. The highest BCUT2D eigenvalue weighted by atomic mass is 35.5. The zero-order valence-corrected chi connectivity index (χ0v) is 13.9. The molecule has 1 unspecified atom stereocenters. The third-order valence-electron chi connectivity index (χ3n) is 4.33. The molecule has 0 spiro atoms. The molecule has 0 aliphatic carbocycles. The molecule has 0 saturated carbocycles. The average molecular weight is 297 g/mol. The Morgan fingerprint density at radius 1 is 1.30 bits per heavy atom. The summed E-state index contributed by atoms with van der Waals surface area (Å²) in [6, 6.07) is 9.39. The first kappa shape index (κ1) is 17.5. The minimum Gasteiger partial charge on any atom is -0.327 e. The molecule has 1 aromatic rings. The topological polar surface area (TPSA) is 29.3 Å². The molecule has 114 valence electrons. The van der Waals surface area contributed by atoms with Crippen LogP contribution in [0.2, 0.25) is 0 Å². The van der Waals surface area contributed by atoms with E-state index in [1.54, 1.807) is 0 Å². The summed E-state index contributed by atoms with van der Waals surface area (Å²) < 4.78 is 0. The van der Waals surface area contributed by atoms with Crippen molar-refractivity contribution in [3.63, 3.8) is 0 Å². The van der Waals surface area contributed by atoms with Crippen LogP contribution in [0, 0.1) is 5.41 Å². The Morgan fingerprint density at radius 2 is 2.00 bits per heavy atom. The number of rotatable bonds is 4. The van der Waals surface area contributed by atoms with Gasteiger partial charge in [-0.1, -0.05) is 51.5 Å². The van der Waals surface area contributed by atoms with Crippen molar-refractivity contribution in [1.29, 1.82) is 0 Å². The third-order valence-corrected chi connectivity index (χ3v) is 4.33. The summed E-state index contributed by atoms with van der Waals surface area (Å²) in [5.74, 6) is 0. The predicted octanol–water partition coefficient (Wildman–Crippen LogP) is 3.62. The minimum absolute atomic E-state index is 0. The molecule has 20 heavy (non-hydrogen) atoms. The molecule has 3 heteroatoms. The van der Waals surface area contributed by atoms with Gasteiger partial charge in [-0.2, -0.15) is 0 Å². The Kier molecular flexibility index (Phi) is 6.50. The maximum Gasteiger partial charge on any atom is 0.0234 e. The summed E-state index contributed by atoms with van der Waals surface area (Å²) in [5.41, 5.74) is 9.35. The molecule has 2 nitrogen and oxygen atoms in total. The largest absolute Gasteiger partial charge is 0.327 e. The van der Waals surface area contributed by atoms with Crippen LogP contribution in [-0.4, -0.2) is 24.0 Å². The van der Waals surface area contributed by atoms with Gasteiger partial charge in [0.2, 0.25) is 0 Å². The van der Waals surface area contributed by atoms with Crippen LogP contribution >= 0.6 is 12.4 Å². The van der Waals surface area contributed by atoms with Crippen molar-refractivity contribution in [1.82, 2.24) is 4.90 Å². The number of nitrogens with two attached hydrogens (primary N) is 1. The molecule has 1 heterocycles. The second kappa shape index (κ2) is 7.44. The highest BCUT2D eigenvalue weighted by Crippen LogP contribution is 2.28. The smallest absolute Gasteiger partial charge is 0.0234 e. The molecule has 1 saturated heterocycles. The van der Waals surface area contributed by atoms with Gasteiger partial charge in [0.25, 0.3) is 0 Å². The normalized spacial score (nSPS) is 22.3. The van der Waals surface area contributed by atoms with E-state index in [1.165, 1.54) is 24.0 Å². The summed E-state index contributed by atoms with van der Waals surface area (Å²) in [5, 5.41) is 0. The van der Waals surface area contributed by atoms with Crippen molar-refractivity contribution in [2.45, 2.75) is 52.6 Å². The van der Waals surface area contributed by atoms with Crippen molar-refractivity contribution >= 4 is 12.4 Å². The molecule has 1 aromatic carbocycles. The van der Waals surface area contributed by atoms with Crippen LogP contribution in [0.1, 0.15) is 44.7 Å². The van der Waals surface area contributed by atoms with Crippen LogP contribution in [0.25, 0.3) is 0 Å². The number of nitrogens with zero attached hydrogens (tertiary/aromatic N) is 1. The van der Waals surface area contributed by atoms with E-state index in [0.717, 1.165) is 26.1 Å². The third kappa shape index (κ3) is 4.47. The number of benzene rings is 1. The van der Waals surface area contributed by atoms with Gasteiger partial charge in [-0.25, -0.2) is 0 Å². The monoisotopic (exact) mass is 296 g/mol. The molecular weight excluding hydrogens is 268 g/mol. The molecule has 2 N–H and O–H groups in total. The van der Waals surface area contributed by atoms with Crippen LogP contribution < -0.4 is 5.73 Å². The van der Waals surface area contributed by atoms with Gasteiger partial charge >= 0.3 is 0 Å². The lowest BCUT2D eigenvalue weighted by molar-refractivity contribution is 0.0899. The number of likely N-dealkylation sites (tertiary alicyclic amines) is 1. The lowest BCUT2D eigenvalue weighted by Gasteiger charge is -2.42. The van der Waals surface area contributed by atoms with Crippen molar-refractivity contribution < 1.29 is 0 Å². The van der Waals surface area contributed by atoms with E-state index in [0.29, 0.717) is 6.04 Å². The van der Waals surface area contributed by atoms with Gasteiger partial charge < -0.3 is 5.73 Å². The minimum atomic E-state index is 0. The molecule has 1 fully saturated rings. The zero-order chi connectivity index (χ0) is 13.9. The van der Waals surface area contributed by atoms with E-state index in [2.05, 4.69) is 49.9 Å². The van der Waals surface area contributed by atoms with E-state index in [4.69, 9.17) is 5.73 Å². The number of aryl methyl sites for hydroxylation is 1. The van der Waals surface area contributed by atoms with Crippen LogP contribution in [-0.2, 0) is 13.0 Å². The zero-order valence-electron chi connectivity index (χ0n) is 13.1. The quantitative estimate of drug-likeness (QED) is 0.919. The van der Waals surface area contributed by atoms with Crippen LogP contribution in [0.3, 0.4) is 0 Å². The van der Waals surface area contributed by atoms with Crippen molar-refractivity contribution in [2.24, 2.45) is 11.1 Å². The molecule has 1 aliphatic heterocycles. The molecule has 0 aromatic heterocycles. The molecule has 0 amide bonds. The first-order valence-corrected chi connectivity index (χ1v) is 7.57. The lowest BCUT2D eigenvalue weighted by atomic mass is 9.79. The first-order chi connectivity index (χ1) is 9.01. The molecule has 1 atom stereocenters. The Bertz CT molecular complexity index is 417. The predicted molar refractivity (Wildman–Crippen MR) is 89.3 cm³/mol. The fraction of sp³-hybridized carbons (Fsp3) is 0.647. The highest BCUT2D eigenvalue weighted by Gasteiger charge is 2.33. The molecule has 1 aliphatic rings. The SMILES string of the molecule is CCCc1cccc(CN2CCC(N)C(C)(C)C2)c1.Cl. The van der Waals surface area contributed by atoms with Gasteiger partial charge in [-0.05, 0) is 29.4 Å². The fourth-order valence-electron chi connectivity index (χ4n) is 3.05. The van der Waals surface area contributed by atoms with E-state index in [1.807, 2.05) is 0 Å². The van der Waals surface area contributed by atoms with Crippen LogP contribution in [0.4, 0.5) is 0 Å². The van der Waals surface area contributed by atoms with Crippen LogP contribution in [0.5, 0.6) is 0 Å². The van der Waals surface area contributed by atoms with Gasteiger partial charge in [0.15, 0.2) is 0 Å². The van der Waals surface area contributed by atoms with E-state index in [9.17, 15) is 0 Å². The second-order valence-corrected chi connectivity index (χ2v) is 6.66. The van der Waals surface area contributed by atoms with Gasteiger partial charge in [0.1, 0.15) is 0 Å². The first-order valence-electron chi connectivity index (χ1n) is 7.57. The number of hydrogen-bond acceptors (Lipinski definition) is 2. The number of hydrogen-bond donors (Lipinski definition) is 1. The van der Waals surface area contributed by atoms with Gasteiger partial charge in [0, 0.05) is 25.7 Å². The standard InChI is InChI=1S/C17H28N2.ClH/c1-4-6-14-7-5-8-15(11-14)12-19-10-9-16(18)17(2,3)13-19;/h5,7-8,11,16H,4,6,9-10,12-13,18H2,1-3H3;1H. The average Bonchev–Trinajstić information content (AvgIpc) is 2.34. The van der Waals surface area contributed by atoms with E-state index >= 15 is 0 Å². The van der Waals surface area contributed by atoms with Gasteiger partial charge in [-0.15, -0.1) is 12.4 Å². The van der Waals surface area contributed by atoms with E-state index < -0.39 is 0 Å². The summed E-state index contributed by atoms with van der Waals surface area (Å²) in [6.07, 6.45) is 3.51. The Balaban J connectivity index is 0.00000200. The second-order valence-electron chi connectivity index (χ2n) is 6.66. The summed E-state index contributed by atoms with van der Waals surface area (Å²) >= 11 is 0. The maximum absolute atomic E-state index is 6.21.